The van der Waals surface area contributed by atoms with Crippen LogP contribution < -0.4 is 4.74 Å². The number of benzene rings is 2. The third-order valence-corrected chi connectivity index (χ3v) is 3.68. The van der Waals surface area contributed by atoms with Crippen LogP contribution in [0.3, 0.4) is 0 Å². The van der Waals surface area contributed by atoms with E-state index in [1.54, 1.807) is 62.4 Å². The highest BCUT2D eigenvalue weighted by atomic mass is 35.5. The zero-order valence-corrected chi connectivity index (χ0v) is 15.0. The molecule has 5 nitrogen and oxygen atoms in total. The molecule has 0 N–H and O–H groups in total. The second-order valence-corrected chi connectivity index (χ2v) is 6.27. The number of esters is 2. The summed E-state index contributed by atoms with van der Waals surface area (Å²) in [5.41, 5.74) is 0.0343. The number of ether oxygens (including phenoxy) is 3. The average molecular weight is 363 g/mol. The van der Waals surface area contributed by atoms with Crippen LogP contribution in [0.5, 0.6) is 5.75 Å². The minimum atomic E-state index is -1.15. The standard InChI is InChI=1S/C19H19ClO5/c1-19(2,25-16-10-8-15(20)9-11-16)18(22)24-12-13-4-6-14(7-5-13)17(21)23-3/h4-11H,12H2,1-3H3. The summed E-state index contributed by atoms with van der Waals surface area (Å²) in [5, 5.41) is 0.586. The molecule has 0 aliphatic carbocycles. The van der Waals surface area contributed by atoms with Crippen LogP contribution in [0.2, 0.25) is 5.02 Å². The summed E-state index contributed by atoms with van der Waals surface area (Å²) in [6.45, 7) is 3.34. The van der Waals surface area contributed by atoms with Crippen LogP contribution in [-0.4, -0.2) is 24.6 Å². The predicted octanol–water partition coefficient (Wildman–Crippen LogP) is 4.03. The van der Waals surface area contributed by atoms with Gasteiger partial charge in [-0.3, -0.25) is 0 Å². The normalized spacial score (nSPS) is 10.9. The fourth-order valence-corrected chi connectivity index (χ4v) is 2.14. The molecule has 0 saturated carbocycles. The van der Waals surface area contributed by atoms with Crippen molar-refractivity contribution in [3.63, 3.8) is 0 Å². The number of carbonyl (C=O) groups is 2. The number of rotatable bonds is 6. The lowest BCUT2D eigenvalue weighted by molar-refractivity contribution is -0.160. The van der Waals surface area contributed by atoms with Crippen molar-refractivity contribution in [1.82, 2.24) is 0 Å². The molecule has 2 aromatic carbocycles. The monoisotopic (exact) mass is 362 g/mol. The van der Waals surface area contributed by atoms with Crippen LogP contribution in [0.25, 0.3) is 0 Å². The molecule has 0 fully saturated rings. The maximum Gasteiger partial charge on any atom is 0.350 e. The van der Waals surface area contributed by atoms with Crippen molar-refractivity contribution in [1.29, 1.82) is 0 Å². The Labute approximate surface area is 151 Å². The zero-order chi connectivity index (χ0) is 18.4. The van der Waals surface area contributed by atoms with E-state index in [0.717, 1.165) is 5.56 Å². The van der Waals surface area contributed by atoms with E-state index >= 15 is 0 Å². The maximum absolute atomic E-state index is 12.3. The van der Waals surface area contributed by atoms with Crippen LogP contribution in [-0.2, 0) is 20.9 Å². The second-order valence-electron chi connectivity index (χ2n) is 5.83. The number of halogens is 1. The summed E-state index contributed by atoms with van der Waals surface area (Å²) in [4.78, 5) is 23.7. The SMILES string of the molecule is COC(=O)c1ccc(COC(=O)C(C)(C)Oc2ccc(Cl)cc2)cc1. The molecule has 0 aliphatic rings. The first-order chi connectivity index (χ1) is 11.8. The fourth-order valence-electron chi connectivity index (χ4n) is 2.02. The van der Waals surface area contributed by atoms with Gasteiger partial charge < -0.3 is 14.2 Å². The topological polar surface area (TPSA) is 61.8 Å². The molecular formula is C19H19ClO5. The Hall–Kier alpha value is -2.53. The number of methoxy groups -OCH3 is 1. The van der Waals surface area contributed by atoms with E-state index in [-0.39, 0.29) is 6.61 Å². The predicted molar refractivity (Wildman–Crippen MR) is 93.7 cm³/mol. The minimum absolute atomic E-state index is 0.0771. The third-order valence-electron chi connectivity index (χ3n) is 3.42. The van der Waals surface area contributed by atoms with Crippen molar-refractivity contribution < 1.29 is 23.8 Å². The van der Waals surface area contributed by atoms with E-state index < -0.39 is 17.5 Å². The highest BCUT2D eigenvalue weighted by molar-refractivity contribution is 6.30. The maximum atomic E-state index is 12.3. The molecule has 132 valence electrons. The molecule has 0 aliphatic heterocycles. The molecule has 0 radical (unpaired) electrons. The zero-order valence-electron chi connectivity index (χ0n) is 14.2. The van der Waals surface area contributed by atoms with Gasteiger partial charge in [0.2, 0.25) is 0 Å². The molecule has 2 aromatic rings. The first-order valence-electron chi connectivity index (χ1n) is 7.61. The molecule has 0 atom stereocenters. The van der Waals surface area contributed by atoms with Crippen LogP contribution in [0, 0.1) is 0 Å². The third kappa shape index (κ3) is 5.22. The van der Waals surface area contributed by atoms with Gasteiger partial charge in [-0.2, -0.15) is 0 Å². The lowest BCUT2D eigenvalue weighted by Crippen LogP contribution is -2.39. The van der Waals surface area contributed by atoms with Crippen molar-refractivity contribution in [3.8, 4) is 5.75 Å². The molecule has 0 spiro atoms. The van der Waals surface area contributed by atoms with Crippen molar-refractivity contribution in [2.24, 2.45) is 0 Å². The van der Waals surface area contributed by atoms with Gasteiger partial charge in [-0.1, -0.05) is 23.7 Å². The Morgan fingerprint density at radius 1 is 1.00 bits per heavy atom. The van der Waals surface area contributed by atoms with Crippen LogP contribution >= 0.6 is 11.6 Å². The van der Waals surface area contributed by atoms with E-state index in [4.69, 9.17) is 21.1 Å². The Morgan fingerprint density at radius 3 is 2.16 bits per heavy atom. The largest absolute Gasteiger partial charge is 0.476 e. The fraction of sp³-hybridized carbons (Fsp3) is 0.263. The van der Waals surface area contributed by atoms with E-state index in [1.165, 1.54) is 7.11 Å². The second kappa shape index (κ2) is 8.03. The molecule has 0 saturated heterocycles. The Bertz CT molecular complexity index is 735. The lowest BCUT2D eigenvalue weighted by Gasteiger charge is -2.24. The van der Waals surface area contributed by atoms with E-state index in [1.807, 2.05) is 0 Å². The summed E-state index contributed by atoms with van der Waals surface area (Å²) in [7, 11) is 1.32. The Kier molecular flexibility index (Phi) is 6.04. The first-order valence-corrected chi connectivity index (χ1v) is 7.98. The van der Waals surface area contributed by atoms with Crippen LogP contribution in [0.4, 0.5) is 0 Å². The van der Waals surface area contributed by atoms with Gasteiger partial charge in [-0.05, 0) is 55.8 Å². The van der Waals surface area contributed by atoms with Gasteiger partial charge in [0.05, 0.1) is 12.7 Å². The molecule has 0 bridgehead atoms. The molecular weight excluding hydrogens is 344 g/mol. The highest BCUT2D eigenvalue weighted by Crippen LogP contribution is 2.22. The van der Waals surface area contributed by atoms with E-state index in [2.05, 4.69) is 4.74 Å². The van der Waals surface area contributed by atoms with Gasteiger partial charge >= 0.3 is 11.9 Å². The van der Waals surface area contributed by atoms with Gasteiger partial charge in [0.1, 0.15) is 12.4 Å². The number of hydrogen-bond acceptors (Lipinski definition) is 5. The van der Waals surface area contributed by atoms with Crippen LogP contribution in [0.15, 0.2) is 48.5 Å². The quantitative estimate of drug-likeness (QED) is 0.726. The summed E-state index contributed by atoms with van der Waals surface area (Å²) in [6.07, 6.45) is 0. The number of carbonyl (C=O) groups excluding carboxylic acids is 2. The van der Waals surface area contributed by atoms with Crippen LogP contribution in [0.1, 0.15) is 29.8 Å². The Morgan fingerprint density at radius 2 is 1.60 bits per heavy atom. The average Bonchev–Trinajstić information content (AvgIpc) is 2.61. The van der Waals surface area contributed by atoms with Crippen molar-refractivity contribution in [2.45, 2.75) is 26.1 Å². The smallest absolute Gasteiger partial charge is 0.350 e. The molecule has 0 unspecified atom stereocenters. The molecule has 0 aromatic heterocycles. The summed E-state index contributed by atoms with van der Waals surface area (Å²) >= 11 is 5.83. The number of hydrogen-bond donors (Lipinski definition) is 0. The first kappa shape index (κ1) is 18.8. The summed E-state index contributed by atoms with van der Waals surface area (Å²) in [6, 6.07) is 13.4. The van der Waals surface area contributed by atoms with Gasteiger partial charge in [0.15, 0.2) is 5.60 Å². The van der Waals surface area contributed by atoms with E-state index in [9.17, 15) is 9.59 Å². The molecule has 2 rings (SSSR count). The van der Waals surface area contributed by atoms with Gasteiger partial charge in [0, 0.05) is 5.02 Å². The van der Waals surface area contributed by atoms with Crippen molar-refractivity contribution >= 4 is 23.5 Å². The van der Waals surface area contributed by atoms with Gasteiger partial charge in [-0.25, -0.2) is 9.59 Å². The Balaban J connectivity index is 1.94. The van der Waals surface area contributed by atoms with Crippen molar-refractivity contribution in [2.75, 3.05) is 7.11 Å². The van der Waals surface area contributed by atoms with Gasteiger partial charge in [0.25, 0.3) is 0 Å². The molecule has 0 amide bonds. The highest BCUT2D eigenvalue weighted by Gasteiger charge is 2.31. The summed E-state index contributed by atoms with van der Waals surface area (Å²) < 4.78 is 15.6. The lowest BCUT2D eigenvalue weighted by atomic mass is 10.1. The van der Waals surface area contributed by atoms with Gasteiger partial charge in [-0.15, -0.1) is 0 Å². The molecule has 0 heterocycles. The molecule has 25 heavy (non-hydrogen) atoms. The summed E-state index contributed by atoms with van der Waals surface area (Å²) in [5.74, 6) is -0.394. The van der Waals surface area contributed by atoms with E-state index in [0.29, 0.717) is 16.3 Å². The van der Waals surface area contributed by atoms with Crippen molar-refractivity contribution in [3.05, 3.63) is 64.7 Å². The molecule has 6 heteroatoms. The minimum Gasteiger partial charge on any atom is -0.476 e.